The Morgan fingerprint density at radius 1 is 1.53 bits per heavy atom. The Hall–Kier alpha value is -0.970. The van der Waals surface area contributed by atoms with Crippen molar-refractivity contribution in [3.05, 3.63) is 12.3 Å². The third-order valence-electron chi connectivity index (χ3n) is 2.83. The molecule has 5 heteroatoms. The van der Waals surface area contributed by atoms with Crippen LogP contribution in [-0.4, -0.2) is 43.3 Å². The number of rotatable bonds is 2. The van der Waals surface area contributed by atoms with E-state index in [-0.39, 0.29) is 6.54 Å². The van der Waals surface area contributed by atoms with Crippen LogP contribution in [0.1, 0.15) is 6.42 Å². The minimum absolute atomic E-state index is 0.196. The molecule has 0 saturated carbocycles. The van der Waals surface area contributed by atoms with E-state index in [4.69, 9.17) is 0 Å². The average Bonchev–Trinajstić information content (AvgIpc) is 2.23. The van der Waals surface area contributed by atoms with Gasteiger partial charge in [-0.25, -0.2) is 8.78 Å². The molecule has 0 unspecified atom stereocenters. The van der Waals surface area contributed by atoms with Crippen molar-refractivity contribution in [3.63, 3.8) is 0 Å². The molecule has 2 aliphatic heterocycles. The lowest BCUT2D eigenvalue weighted by atomic mass is 9.93. The van der Waals surface area contributed by atoms with Gasteiger partial charge in [0.05, 0.1) is 6.54 Å². The molecule has 0 aromatic carbocycles. The first-order chi connectivity index (χ1) is 7.18. The Balaban J connectivity index is 1.92. The molecule has 2 heterocycles. The van der Waals surface area contributed by atoms with Crippen LogP contribution in [0.5, 0.6) is 0 Å². The second-order valence-corrected chi connectivity index (χ2v) is 4.01. The summed E-state index contributed by atoms with van der Waals surface area (Å²) in [5.41, 5.74) is 0. The van der Waals surface area contributed by atoms with Crippen molar-refractivity contribution in [1.82, 2.24) is 10.2 Å². The molecular formula is C10H15F2N3. The Kier molecular flexibility index (Phi) is 3.00. The maximum absolute atomic E-state index is 13.5. The van der Waals surface area contributed by atoms with Crippen molar-refractivity contribution in [2.45, 2.75) is 12.3 Å². The van der Waals surface area contributed by atoms with Crippen LogP contribution >= 0.6 is 0 Å². The Morgan fingerprint density at radius 2 is 2.40 bits per heavy atom. The molecule has 0 amide bonds. The van der Waals surface area contributed by atoms with E-state index in [1.165, 1.54) is 0 Å². The quantitative estimate of drug-likeness (QED) is 0.746. The first kappa shape index (κ1) is 10.5. The molecule has 84 valence electrons. The Morgan fingerprint density at radius 3 is 3.07 bits per heavy atom. The first-order valence-electron chi connectivity index (χ1n) is 5.18. The highest BCUT2D eigenvalue weighted by Gasteiger charge is 2.41. The lowest BCUT2D eigenvalue weighted by Crippen LogP contribution is -2.49. The van der Waals surface area contributed by atoms with Crippen LogP contribution in [0.4, 0.5) is 8.78 Å². The smallest absolute Gasteiger partial charge is 0.264 e. The molecule has 0 aromatic rings. The van der Waals surface area contributed by atoms with Gasteiger partial charge in [-0.05, 0) is 19.0 Å². The molecule has 3 nitrogen and oxygen atoms in total. The van der Waals surface area contributed by atoms with Crippen LogP contribution < -0.4 is 5.32 Å². The van der Waals surface area contributed by atoms with E-state index in [0.717, 1.165) is 0 Å². The molecule has 2 aliphatic rings. The van der Waals surface area contributed by atoms with Crippen molar-refractivity contribution in [1.29, 1.82) is 0 Å². The molecular weight excluding hydrogens is 200 g/mol. The third kappa shape index (κ3) is 2.53. The van der Waals surface area contributed by atoms with E-state index in [9.17, 15) is 8.78 Å². The minimum Gasteiger partial charge on any atom is -0.358 e. The number of alkyl halides is 2. The molecule has 0 spiro atoms. The van der Waals surface area contributed by atoms with E-state index < -0.39 is 11.8 Å². The molecule has 0 aliphatic carbocycles. The maximum atomic E-state index is 13.5. The highest BCUT2D eigenvalue weighted by Crippen LogP contribution is 2.30. The molecule has 1 fully saturated rings. The number of aliphatic imine (C=N–C) groups is 1. The van der Waals surface area contributed by atoms with Gasteiger partial charge in [0.2, 0.25) is 0 Å². The van der Waals surface area contributed by atoms with Crippen molar-refractivity contribution < 1.29 is 8.78 Å². The van der Waals surface area contributed by atoms with Crippen molar-refractivity contribution in [2.75, 3.05) is 26.3 Å². The zero-order valence-electron chi connectivity index (χ0n) is 8.50. The Labute approximate surface area is 87.9 Å². The van der Waals surface area contributed by atoms with Gasteiger partial charge in [0, 0.05) is 24.9 Å². The van der Waals surface area contributed by atoms with Gasteiger partial charge in [-0.15, -0.1) is 0 Å². The van der Waals surface area contributed by atoms with Crippen molar-refractivity contribution in [2.24, 2.45) is 10.9 Å². The van der Waals surface area contributed by atoms with Gasteiger partial charge >= 0.3 is 0 Å². The SMILES string of the molecule is FC1(F)CNCC[C@@H]1CN1C=CC=NC1. The first-order valence-corrected chi connectivity index (χ1v) is 5.18. The molecule has 0 radical (unpaired) electrons. The molecule has 0 aromatic heterocycles. The fraction of sp³-hybridized carbons (Fsp3) is 0.700. The predicted molar refractivity (Wildman–Crippen MR) is 55.1 cm³/mol. The summed E-state index contributed by atoms with van der Waals surface area (Å²) in [6, 6.07) is 0. The van der Waals surface area contributed by atoms with Crippen LogP contribution in [0.3, 0.4) is 0 Å². The van der Waals surface area contributed by atoms with E-state index in [1.807, 2.05) is 11.1 Å². The van der Waals surface area contributed by atoms with Gasteiger partial charge in [-0.1, -0.05) is 0 Å². The monoisotopic (exact) mass is 215 g/mol. The predicted octanol–water partition coefficient (Wildman–Crippen LogP) is 1.09. The standard InChI is InChI=1S/C10H15F2N3/c11-10(12)7-13-4-2-9(10)6-15-5-1-3-14-8-15/h1,3,5,9,13H,2,4,6-8H2/t9-/m1/s1. The fourth-order valence-corrected chi connectivity index (χ4v) is 1.93. The summed E-state index contributed by atoms with van der Waals surface area (Å²) in [5.74, 6) is -3.15. The second-order valence-electron chi connectivity index (χ2n) is 4.01. The summed E-state index contributed by atoms with van der Waals surface area (Å²) in [6.07, 6.45) is 5.83. The van der Waals surface area contributed by atoms with Gasteiger partial charge in [0.25, 0.3) is 5.92 Å². The second kappa shape index (κ2) is 4.26. The van der Waals surface area contributed by atoms with Crippen molar-refractivity contribution in [3.8, 4) is 0 Å². The summed E-state index contributed by atoms with van der Waals surface area (Å²) >= 11 is 0. The topological polar surface area (TPSA) is 27.6 Å². The number of piperidine rings is 1. The van der Waals surface area contributed by atoms with Crippen molar-refractivity contribution >= 4 is 6.21 Å². The zero-order chi connectivity index (χ0) is 10.7. The normalized spacial score (nSPS) is 29.5. The lowest BCUT2D eigenvalue weighted by Gasteiger charge is -2.35. The van der Waals surface area contributed by atoms with Gasteiger partial charge < -0.3 is 10.2 Å². The highest BCUT2D eigenvalue weighted by atomic mass is 19.3. The van der Waals surface area contributed by atoms with E-state index in [1.54, 1.807) is 12.3 Å². The summed E-state index contributed by atoms with van der Waals surface area (Å²) < 4.78 is 26.9. The number of hydrogen-bond donors (Lipinski definition) is 1. The molecule has 2 rings (SSSR count). The van der Waals surface area contributed by atoms with Crippen LogP contribution in [0.2, 0.25) is 0 Å². The third-order valence-corrected chi connectivity index (χ3v) is 2.83. The van der Waals surface area contributed by atoms with Crippen LogP contribution in [-0.2, 0) is 0 Å². The zero-order valence-corrected chi connectivity index (χ0v) is 8.50. The summed E-state index contributed by atoms with van der Waals surface area (Å²) in [5, 5.41) is 2.73. The minimum atomic E-state index is -2.59. The lowest BCUT2D eigenvalue weighted by molar-refractivity contribution is -0.0795. The molecule has 1 N–H and O–H groups in total. The van der Waals surface area contributed by atoms with Gasteiger partial charge in [0.15, 0.2) is 0 Å². The number of halogens is 2. The summed E-state index contributed by atoms with van der Waals surface area (Å²) in [7, 11) is 0. The van der Waals surface area contributed by atoms with E-state index in [0.29, 0.717) is 26.2 Å². The van der Waals surface area contributed by atoms with Crippen LogP contribution in [0.25, 0.3) is 0 Å². The summed E-state index contributed by atoms with van der Waals surface area (Å²) in [6.45, 7) is 1.37. The Bertz CT molecular complexity index is 276. The molecule has 0 bridgehead atoms. The largest absolute Gasteiger partial charge is 0.358 e. The van der Waals surface area contributed by atoms with Gasteiger partial charge in [-0.2, -0.15) is 0 Å². The van der Waals surface area contributed by atoms with Crippen LogP contribution in [0, 0.1) is 5.92 Å². The molecule has 1 saturated heterocycles. The molecule has 15 heavy (non-hydrogen) atoms. The fourth-order valence-electron chi connectivity index (χ4n) is 1.93. The number of nitrogens with zero attached hydrogens (tertiary/aromatic N) is 2. The van der Waals surface area contributed by atoms with E-state index in [2.05, 4.69) is 10.3 Å². The number of allylic oxidation sites excluding steroid dienone is 1. The number of hydrogen-bond acceptors (Lipinski definition) is 3. The molecule has 1 atom stereocenters. The summed E-state index contributed by atoms with van der Waals surface area (Å²) in [4.78, 5) is 5.86. The van der Waals surface area contributed by atoms with Gasteiger partial charge in [-0.3, -0.25) is 4.99 Å². The number of nitrogens with one attached hydrogen (secondary N) is 1. The highest BCUT2D eigenvalue weighted by molar-refractivity contribution is 5.71. The maximum Gasteiger partial charge on any atom is 0.264 e. The van der Waals surface area contributed by atoms with Crippen LogP contribution in [0.15, 0.2) is 17.3 Å². The van der Waals surface area contributed by atoms with Gasteiger partial charge in [0.1, 0.15) is 6.67 Å². The average molecular weight is 215 g/mol. The van der Waals surface area contributed by atoms with E-state index >= 15 is 0 Å².